The van der Waals surface area contributed by atoms with E-state index in [4.69, 9.17) is 9.47 Å². The molecular formula is C15H28N4O2. The van der Waals surface area contributed by atoms with Crippen molar-refractivity contribution >= 4 is 0 Å². The van der Waals surface area contributed by atoms with E-state index in [1.165, 1.54) is 6.42 Å². The lowest BCUT2D eigenvalue weighted by molar-refractivity contribution is -0.00892. The van der Waals surface area contributed by atoms with Crippen LogP contribution in [0, 0.1) is 0 Å². The number of hydrogen-bond donors (Lipinski definition) is 1. The number of rotatable bonds is 7. The summed E-state index contributed by atoms with van der Waals surface area (Å²) in [6.45, 7) is 2.63. The van der Waals surface area contributed by atoms with Crippen LogP contribution in [0.4, 0.5) is 0 Å². The number of nitrogens with one attached hydrogen (secondary N) is 1. The highest BCUT2D eigenvalue weighted by Crippen LogP contribution is 2.32. The maximum atomic E-state index is 5.97. The quantitative estimate of drug-likeness (QED) is 0.821. The molecule has 0 radical (unpaired) electrons. The van der Waals surface area contributed by atoms with Crippen LogP contribution in [0.2, 0.25) is 0 Å². The average Bonchev–Trinajstić information content (AvgIpc) is 2.90. The highest BCUT2D eigenvalue weighted by Gasteiger charge is 2.30. The van der Waals surface area contributed by atoms with Gasteiger partial charge in [0.15, 0.2) is 5.75 Å². The lowest BCUT2D eigenvalue weighted by atomic mass is 9.99. The summed E-state index contributed by atoms with van der Waals surface area (Å²) in [5, 5.41) is 7.89. The molecule has 0 spiro atoms. The molecule has 1 aromatic heterocycles. The molecule has 1 aromatic rings. The topological polar surface area (TPSA) is 51.5 Å². The molecule has 1 fully saturated rings. The number of aromatic nitrogens is 2. The van der Waals surface area contributed by atoms with Gasteiger partial charge < -0.3 is 19.7 Å². The molecule has 2 heterocycles. The standard InChI is InChI=1S/C15H28N4O2/c1-16-14(12-7-5-6-10-21-12)15-13(20-4)11-17-19(15)9-8-18(2)3/h11-12,14,16H,5-10H2,1-4H3. The minimum Gasteiger partial charge on any atom is -0.493 e. The molecule has 1 aliphatic rings. The van der Waals surface area contributed by atoms with Gasteiger partial charge in [0.1, 0.15) is 0 Å². The third-order valence-electron chi connectivity index (χ3n) is 4.02. The van der Waals surface area contributed by atoms with Crippen molar-refractivity contribution < 1.29 is 9.47 Å². The monoisotopic (exact) mass is 296 g/mol. The van der Waals surface area contributed by atoms with E-state index in [0.717, 1.165) is 44.0 Å². The van der Waals surface area contributed by atoms with Crippen molar-refractivity contribution in [1.29, 1.82) is 0 Å². The summed E-state index contributed by atoms with van der Waals surface area (Å²) in [5.74, 6) is 0.835. The van der Waals surface area contributed by atoms with E-state index < -0.39 is 0 Å². The molecular weight excluding hydrogens is 268 g/mol. The highest BCUT2D eigenvalue weighted by atomic mass is 16.5. The van der Waals surface area contributed by atoms with E-state index in [0.29, 0.717) is 0 Å². The molecule has 0 aliphatic carbocycles. The second kappa shape index (κ2) is 7.77. The number of nitrogens with zero attached hydrogens (tertiary/aromatic N) is 3. The SMILES string of the molecule is CNC(c1c(OC)cnn1CCN(C)C)C1CCCCO1. The Balaban J connectivity index is 2.22. The first-order chi connectivity index (χ1) is 10.2. The molecule has 0 aromatic carbocycles. The molecule has 21 heavy (non-hydrogen) atoms. The van der Waals surface area contributed by atoms with Crippen molar-refractivity contribution in [3.05, 3.63) is 11.9 Å². The van der Waals surface area contributed by atoms with Gasteiger partial charge in [0, 0.05) is 13.2 Å². The fourth-order valence-corrected chi connectivity index (χ4v) is 2.85. The van der Waals surface area contributed by atoms with Crippen molar-refractivity contribution in [3.63, 3.8) is 0 Å². The van der Waals surface area contributed by atoms with Gasteiger partial charge >= 0.3 is 0 Å². The molecule has 1 aliphatic heterocycles. The maximum absolute atomic E-state index is 5.97. The smallest absolute Gasteiger partial charge is 0.161 e. The van der Waals surface area contributed by atoms with Gasteiger partial charge in [-0.3, -0.25) is 4.68 Å². The number of ether oxygens (including phenoxy) is 2. The molecule has 2 unspecified atom stereocenters. The van der Waals surface area contributed by atoms with E-state index in [2.05, 4.69) is 29.4 Å². The summed E-state index contributed by atoms with van der Waals surface area (Å²) in [7, 11) is 7.82. The Hall–Kier alpha value is -1.11. The van der Waals surface area contributed by atoms with Crippen LogP contribution in [0.1, 0.15) is 31.0 Å². The minimum atomic E-state index is 0.116. The van der Waals surface area contributed by atoms with Gasteiger partial charge in [-0.1, -0.05) is 0 Å². The van der Waals surface area contributed by atoms with Crippen LogP contribution in [-0.4, -0.2) is 62.2 Å². The number of methoxy groups -OCH3 is 1. The summed E-state index contributed by atoms with van der Waals surface area (Å²) in [6.07, 6.45) is 5.44. The molecule has 2 rings (SSSR count). The summed E-state index contributed by atoms with van der Waals surface area (Å²) in [4.78, 5) is 2.16. The average molecular weight is 296 g/mol. The van der Waals surface area contributed by atoms with Crippen LogP contribution in [0.5, 0.6) is 5.75 Å². The van der Waals surface area contributed by atoms with E-state index in [1.807, 2.05) is 11.7 Å². The van der Waals surface area contributed by atoms with E-state index >= 15 is 0 Å². The molecule has 6 heteroatoms. The first-order valence-corrected chi connectivity index (χ1v) is 7.70. The number of likely N-dealkylation sites (N-methyl/N-ethyl adjacent to an activating group) is 2. The van der Waals surface area contributed by atoms with Crippen molar-refractivity contribution in [2.75, 3.05) is 41.4 Å². The molecule has 0 amide bonds. The molecule has 2 atom stereocenters. The van der Waals surface area contributed by atoms with E-state index in [9.17, 15) is 0 Å². The van der Waals surface area contributed by atoms with Crippen LogP contribution in [0.25, 0.3) is 0 Å². The van der Waals surface area contributed by atoms with Gasteiger partial charge in [-0.2, -0.15) is 5.10 Å². The van der Waals surface area contributed by atoms with E-state index in [-0.39, 0.29) is 12.1 Å². The van der Waals surface area contributed by atoms with Crippen LogP contribution < -0.4 is 10.1 Å². The Morgan fingerprint density at radius 3 is 2.90 bits per heavy atom. The lowest BCUT2D eigenvalue weighted by Crippen LogP contribution is -2.36. The first kappa shape index (κ1) is 16.3. The molecule has 6 nitrogen and oxygen atoms in total. The zero-order valence-corrected chi connectivity index (χ0v) is 13.6. The molecule has 0 bridgehead atoms. The molecule has 120 valence electrons. The number of hydrogen-bond acceptors (Lipinski definition) is 5. The molecule has 1 saturated heterocycles. The van der Waals surface area contributed by atoms with Crippen molar-refractivity contribution in [2.24, 2.45) is 0 Å². The Morgan fingerprint density at radius 1 is 1.52 bits per heavy atom. The summed E-state index contributed by atoms with van der Waals surface area (Å²) >= 11 is 0. The van der Waals surface area contributed by atoms with E-state index in [1.54, 1.807) is 13.3 Å². The van der Waals surface area contributed by atoms with Gasteiger partial charge in [-0.05, 0) is 40.4 Å². The zero-order chi connectivity index (χ0) is 15.2. The van der Waals surface area contributed by atoms with Crippen LogP contribution in [0.15, 0.2) is 6.20 Å². The third-order valence-corrected chi connectivity index (χ3v) is 4.02. The second-order valence-corrected chi connectivity index (χ2v) is 5.80. The predicted octanol–water partition coefficient (Wildman–Crippen LogP) is 1.28. The molecule has 0 saturated carbocycles. The Kier molecular flexibility index (Phi) is 6.02. The Bertz CT molecular complexity index is 427. The Morgan fingerprint density at radius 2 is 2.33 bits per heavy atom. The first-order valence-electron chi connectivity index (χ1n) is 7.70. The summed E-state index contributed by atoms with van der Waals surface area (Å²) in [5.41, 5.74) is 1.09. The van der Waals surface area contributed by atoms with Gasteiger partial charge in [0.05, 0.1) is 37.7 Å². The Labute approximate surface area is 127 Å². The van der Waals surface area contributed by atoms with Crippen molar-refractivity contribution in [1.82, 2.24) is 20.0 Å². The van der Waals surface area contributed by atoms with Crippen molar-refractivity contribution in [3.8, 4) is 5.75 Å². The van der Waals surface area contributed by atoms with Crippen molar-refractivity contribution in [2.45, 2.75) is 38.0 Å². The third kappa shape index (κ3) is 3.96. The largest absolute Gasteiger partial charge is 0.493 e. The van der Waals surface area contributed by atoms with Crippen LogP contribution in [-0.2, 0) is 11.3 Å². The summed E-state index contributed by atoms with van der Waals surface area (Å²) in [6, 6.07) is 0.116. The fraction of sp³-hybridized carbons (Fsp3) is 0.800. The molecule has 1 N–H and O–H groups in total. The predicted molar refractivity (Wildman–Crippen MR) is 82.7 cm³/mol. The maximum Gasteiger partial charge on any atom is 0.161 e. The van der Waals surface area contributed by atoms with Gasteiger partial charge in [-0.25, -0.2) is 0 Å². The van der Waals surface area contributed by atoms with Crippen LogP contribution >= 0.6 is 0 Å². The van der Waals surface area contributed by atoms with Gasteiger partial charge in [-0.15, -0.1) is 0 Å². The normalized spacial score (nSPS) is 20.7. The second-order valence-electron chi connectivity index (χ2n) is 5.80. The summed E-state index contributed by atoms with van der Waals surface area (Å²) < 4.78 is 13.5. The minimum absolute atomic E-state index is 0.116. The lowest BCUT2D eigenvalue weighted by Gasteiger charge is -2.31. The van der Waals surface area contributed by atoms with Gasteiger partial charge in [0.25, 0.3) is 0 Å². The highest BCUT2D eigenvalue weighted by molar-refractivity contribution is 5.29. The van der Waals surface area contributed by atoms with Crippen LogP contribution in [0.3, 0.4) is 0 Å². The fourth-order valence-electron chi connectivity index (χ4n) is 2.85. The van der Waals surface area contributed by atoms with Gasteiger partial charge in [0.2, 0.25) is 0 Å². The zero-order valence-electron chi connectivity index (χ0n) is 13.6.